The molecule has 3 aromatic heterocycles. The minimum atomic E-state index is 0. The summed E-state index contributed by atoms with van der Waals surface area (Å²) in [6.07, 6.45) is 4.60. The molecule has 30 heavy (non-hydrogen) atoms. The Labute approximate surface area is 192 Å². The molecule has 0 aliphatic rings. The lowest BCUT2D eigenvalue weighted by atomic mass is 10.1. The highest BCUT2D eigenvalue weighted by atomic mass is 127. The highest BCUT2D eigenvalue weighted by Gasteiger charge is 2.09. The van der Waals surface area contributed by atoms with Gasteiger partial charge in [-0.05, 0) is 49.6 Å². The Kier molecular flexibility index (Phi) is 7.50. The van der Waals surface area contributed by atoms with Gasteiger partial charge in [-0.2, -0.15) is 0 Å². The number of hydrogen-bond donors (Lipinski definition) is 4. The van der Waals surface area contributed by atoms with Gasteiger partial charge in [0.1, 0.15) is 12.4 Å². The molecule has 0 spiro atoms. The summed E-state index contributed by atoms with van der Waals surface area (Å²) in [5.41, 5.74) is 3.77. The predicted octanol–water partition coefficient (Wildman–Crippen LogP) is 3.77. The topological polar surface area (TPSA) is 107 Å². The summed E-state index contributed by atoms with van der Waals surface area (Å²) in [6.45, 7) is 6.15. The van der Waals surface area contributed by atoms with Gasteiger partial charge in [-0.1, -0.05) is 12.1 Å². The number of aryl methyl sites for hydroxylation is 1. The first-order valence-electron chi connectivity index (χ1n) is 9.77. The Bertz CT molecular complexity index is 1100. The van der Waals surface area contributed by atoms with Crippen LogP contribution in [0.4, 0.5) is 0 Å². The van der Waals surface area contributed by atoms with Crippen LogP contribution in [0.5, 0.6) is 0 Å². The molecule has 0 amide bonds. The van der Waals surface area contributed by atoms with Crippen LogP contribution in [-0.2, 0) is 13.0 Å². The molecule has 1 aromatic carbocycles. The van der Waals surface area contributed by atoms with E-state index in [1.54, 1.807) is 6.26 Å². The molecule has 0 atom stereocenters. The molecule has 9 heteroatoms. The minimum absolute atomic E-state index is 0. The third kappa shape index (κ3) is 5.02. The van der Waals surface area contributed by atoms with Gasteiger partial charge in [-0.3, -0.25) is 5.10 Å². The van der Waals surface area contributed by atoms with Crippen molar-refractivity contribution in [1.82, 2.24) is 30.8 Å². The van der Waals surface area contributed by atoms with Crippen molar-refractivity contribution in [2.45, 2.75) is 26.8 Å². The van der Waals surface area contributed by atoms with Crippen molar-refractivity contribution < 1.29 is 4.42 Å². The average molecular weight is 519 g/mol. The van der Waals surface area contributed by atoms with E-state index in [1.807, 2.05) is 19.1 Å². The van der Waals surface area contributed by atoms with Gasteiger partial charge in [-0.15, -0.1) is 29.1 Å². The Morgan fingerprint density at radius 1 is 1.20 bits per heavy atom. The second kappa shape index (κ2) is 10.3. The van der Waals surface area contributed by atoms with Crippen LogP contribution in [-0.4, -0.2) is 39.2 Å². The monoisotopic (exact) mass is 519 g/mol. The molecule has 0 fully saturated rings. The molecule has 158 valence electrons. The number of halogens is 1. The van der Waals surface area contributed by atoms with Crippen LogP contribution in [0.15, 0.2) is 52.2 Å². The number of nitrogens with one attached hydrogen (secondary N) is 4. The maximum atomic E-state index is 5.32. The summed E-state index contributed by atoms with van der Waals surface area (Å²) < 4.78 is 5.32. The van der Waals surface area contributed by atoms with E-state index in [1.165, 1.54) is 22.0 Å². The van der Waals surface area contributed by atoms with Gasteiger partial charge in [0.15, 0.2) is 11.7 Å². The van der Waals surface area contributed by atoms with Gasteiger partial charge in [0.25, 0.3) is 0 Å². The number of guanidine groups is 1. The molecule has 4 aromatic rings. The van der Waals surface area contributed by atoms with Crippen molar-refractivity contribution in [3.63, 3.8) is 0 Å². The van der Waals surface area contributed by atoms with E-state index >= 15 is 0 Å². The summed E-state index contributed by atoms with van der Waals surface area (Å²) >= 11 is 0. The molecular formula is C21H26IN7O. The number of rotatable bonds is 7. The number of benzene rings is 1. The summed E-state index contributed by atoms with van der Waals surface area (Å²) in [5, 5.41) is 15.0. The van der Waals surface area contributed by atoms with Crippen LogP contribution < -0.4 is 10.6 Å². The third-order valence-corrected chi connectivity index (χ3v) is 4.69. The highest BCUT2D eigenvalue weighted by Crippen LogP contribution is 2.22. The van der Waals surface area contributed by atoms with Gasteiger partial charge in [0, 0.05) is 30.2 Å². The number of fused-ring (bicyclic) bond motifs is 1. The number of aromatic amines is 2. The normalized spacial score (nSPS) is 11.5. The predicted molar refractivity (Wildman–Crippen MR) is 129 cm³/mol. The first-order valence-corrected chi connectivity index (χ1v) is 9.77. The summed E-state index contributed by atoms with van der Waals surface area (Å²) in [7, 11) is 0. The number of furan rings is 1. The lowest BCUT2D eigenvalue weighted by molar-refractivity contribution is 0.577. The largest absolute Gasteiger partial charge is 0.461 e. The molecule has 0 saturated heterocycles. The van der Waals surface area contributed by atoms with E-state index in [9.17, 15) is 0 Å². The molecule has 0 radical (unpaired) electrons. The molecule has 0 saturated carbocycles. The number of aromatic nitrogens is 4. The van der Waals surface area contributed by atoms with E-state index in [-0.39, 0.29) is 24.0 Å². The highest BCUT2D eigenvalue weighted by molar-refractivity contribution is 14.0. The third-order valence-electron chi connectivity index (χ3n) is 4.69. The molecule has 8 nitrogen and oxygen atoms in total. The smallest absolute Gasteiger partial charge is 0.216 e. The zero-order valence-corrected chi connectivity index (χ0v) is 19.4. The van der Waals surface area contributed by atoms with Crippen LogP contribution in [0.3, 0.4) is 0 Å². The number of nitrogens with zero attached hydrogens (tertiary/aromatic N) is 3. The Balaban J connectivity index is 0.00000256. The van der Waals surface area contributed by atoms with E-state index in [2.05, 4.69) is 67.1 Å². The van der Waals surface area contributed by atoms with Gasteiger partial charge in [-0.25, -0.2) is 9.98 Å². The number of H-pyrrole nitrogens is 2. The number of hydrogen-bond acceptors (Lipinski definition) is 4. The molecule has 0 aliphatic carbocycles. The molecule has 0 aliphatic heterocycles. The lowest BCUT2D eigenvalue weighted by Gasteiger charge is -2.11. The van der Waals surface area contributed by atoms with Crippen molar-refractivity contribution in [3.05, 3.63) is 59.7 Å². The van der Waals surface area contributed by atoms with E-state index < -0.39 is 0 Å². The fraction of sp³-hybridized carbons (Fsp3) is 0.286. The van der Waals surface area contributed by atoms with Crippen molar-refractivity contribution in [2.24, 2.45) is 4.99 Å². The SMILES string of the molecule is CCNC(=NCc1nc(-c2ccco2)n[nH]1)NCCc1c[nH]c2cccc(C)c12.I. The van der Waals surface area contributed by atoms with Crippen LogP contribution in [0, 0.1) is 6.92 Å². The van der Waals surface area contributed by atoms with Gasteiger partial charge >= 0.3 is 0 Å². The maximum Gasteiger partial charge on any atom is 0.216 e. The van der Waals surface area contributed by atoms with Crippen LogP contribution in [0.2, 0.25) is 0 Å². The molecule has 4 N–H and O–H groups in total. The summed E-state index contributed by atoms with van der Waals surface area (Å²) in [5.74, 6) is 2.60. The zero-order chi connectivity index (χ0) is 20.1. The zero-order valence-electron chi connectivity index (χ0n) is 17.0. The van der Waals surface area contributed by atoms with Crippen LogP contribution in [0.1, 0.15) is 23.9 Å². The van der Waals surface area contributed by atoms with Crippen LogP contribution in [0.25, 0.3) is 22.5 Å². The van der Waals surface area contributed by atoms with Crippen molar-refractivity contribution >= 4 is 40.8 Å². The van der Waals surface area contributed by atoms with Gasteiger partial charge < -0.3 is 20.0 Å². The molecule has 4 rings (SSSR count). The average Bonchev–Trinajstić information content (AvgIpc) is 3.47. The molecule has 3 heterocycles. The van der Waals surface area contributed by atoms with E-state index in [0.717, 1.165) is 25.5 Å². The summed E-state index contributed by atoms with van der Waals surface area (Å²) in [6, 6.07) is 9.97. The second-order valence-corrected chi connectivity index (χ2v) is 6.77. The standard InChI is InChI=1S/C21H25N7O.HI/c1-3-22-21(25-13-18-26-20(28-27-18)17-8-5-11-29-17)23-10-9-15-12-24-16-7-4-6-14(2)19(15)16;/h4-8,11-12,24H,3,9-10,13H2,1-2H3,(H2,22,23,25)(H,26,27,28);1H. The van der Waals surface area contributed by atoms with Crippen molar-refractivity contribution in [1.29, 1.82) is 0 Å². The molecular weight excluding hydrogens is 493 g/mol. The first kappa shape index (κ1) is 21.9. The fourth-order valence-electron chi connectivity index (χ4n) is 3.34. The Hall–Kier alpha value is -2.82. The quantitative estimate of drug-likeness (QED) is 0.169. The lowest BCUT2D eigenvalue weighted by Crippen LogP contribution is -2.38. The number of aliphatic imine (C=N–C) groups is 1. The van der Waals surface area contributed by atoms with E-state index in [0.29, 0.717) is 24.0 Å². The van der Waals surface area contributed by atoms with Crippen molar-refractivity contribution in [3.8, 4) is 11.6 Å². The summed E-state index contributed by atoms with van der Waals surface area (Å²) in [4.78, 5) is 12.4. The first-order chi connectivity index (χ1) is 14.2. The minimum Gasteiger partial charge on any atom is -0.461 e. The second-order valence-electron chi connectivity index (χ2n) is 6.77. The van der Waals surface area contributed by atoms with Crippen LogP contribution >= 0.6 is 24.0 Å². The van der Waals surface area contributed by atoms with E-state index in [4.69, 9.17) is 4.42 Å². The molecule has 0 bridgehead atoms. The Morgan fingerprint density at radius 2 is 2.10 bits per heavy atom. The van der Waals surface area contributed by atoms with Gasteiger partial charge in [0.2, 0.25) is 5.82 Å². The molecule has 0 unspecified atom stereocenters. The Morgan fingerprint density at radius 3 is 2.90 bits per heavy atom. The van der Waals surface area contributed by atoms with Crippen molar-refractivity contribution in [2.75, 3.05) is 13.1 Å². The van der Waals surface area contributed by atoms with Gasteiger partial charge in [0.05, 0.1) is 6.26 Å². The fourth-order valence-corrected chi connectivity index (χ4v) is 3.34. The maximum absolute atomic E-state index is 5.32.